The van der Waals surface area contributed by atoms with Gasteiger partial charge in [-0.25, -0.2) is 0 Å². The second-order valence-corrected chi connectivity index (χ2v) is 4.84. The second kappa shape index (κ2) is 3.42. The summed E-state index contributed by atoms with van der Waals surface area (Å²) in [6.07, 6.45) is 1.04. The lowest BCUT2D eigenvalue weighted by Gasteiger charge is -2.20. The third-order valence-corrected chi connectivity index (χ3v) is 4.09. The summed E-state index contributed by atoms with van der Waals surface area (Å²) in [5, 5.41) is 0. The zero-order valence-corrected chi connectivity index (χ0v) is 9.18. The SMILES string of the molecule is [CH2]c1cccc2c1Sc1ccccc1C2. The fraction of sp³-hybridized carbons (Fsp3) is 0.0714. The summed E-state index contributed by atoms with van der Waals surface area (Å²) in [4.78, 5) is 2.72. The van der Waals surface area contributed by atoms with Crippen LogP contribution in [0.25, 0.3) is 0 Å². The van der Waals surface area contributed by atoms with Gasteiger partial charge in [-0.3, -0.25) is 0 Å². The van der Waals surface area contributed by atoms with Crippen LogP contribution in [0.1, 0.15) is 16.7 Å². The van der Waals surface area contributed by atoms with Crippen molar-refractivity contribution in [2.24, 2.45) is 0 Å². The standard InChI is InChI=1S/C14H11S/c1-10-5-4-7-12-9-11-6-2-3-8-13(11)15-14(10)12/h2-8H,1,9H2. The zero-order valence-electron chi connectivity index (χ0n) is 8.36. The highest BCUT2D eigenvalue weighted by molar-refractivity contribution is 7.99. The highest BCUT2D eigenvalue weighted by Crippen LogP contribution is 2.40. The van der Waals surface area contributed by atoms with Crippen molar-refractivity contribution < 1.29 is 0 Å². The smallest absolute Gasteiger partial charge is 0.0190 e. The molecule has 73 valence electrons. The second-order valence-electron chi connectivity index (χ2n) is 3.79. The summed E-state index contributed by atoms with van der Waals surface area (Å²) in [7, 11) is 0. The summed E-state index contributed by atoms with van der Waals surface area (Å²) >= 11 is 1.85. The van der Waals surface area contributed by atoms with E-state index >= 15 is 0 Å². The maximum absolute atomic E-state index is 4.09. The molecule has 0 fully saturated rings. The molecule has 0 saturated heterocycles. The van der Waals surface area contributed by atoms with Crippen LogP contribution in [0.5, 0.6) is 0 Å². The van der Waals surface area contributed by atoms with Gasteiger partial charge >= 0.3 is 0 Å². The van der Waals surface area contributed by atoms with Gasteiger partial charge in [0.25, 0.3) is 0 Å². The summed E-state index contributed by atoms with van der Waals surface area (Å²) < 4.78 is 0. The molecule has 3 rings (SSSR count). The first-order valence-corrected chi connectivity index (χ1v) is 5.86. The molecule has 2 aromatic rings. The van der Waals surface area contributed by atoms with Crippen LogP contribution in [0.4, 0.5) is 0 Å². The highest BCUT2D eigenvalue weighted by atomic mass is 32.2. The van der Waals surface area contributed by atoms with Crippen LogP contribution in [0.2, 0.25) is 0 Å². The van der Waals surface area contributed by atoms with Crippen LogP contribution in [-0.2, 0) is 6.42 Å². The van der Waals surface area contributed by atoms with Gasteiger partial charge in [0, 0.05) is 9.79 Å². The lowest BCUT2D eigenvalue weighted by molar-refractivity contribution is 1.05. The van der Waals surface area contributed by atoms with E-state index < -0.39 is 0 Å². The summed E-state index contributed by atoms with van der Waals surface area (Å²) in [5.41, 5.74) is 3.99. The van der Waals surface area contributed by atoms with Gasteiger partial charge in [-0.2, -0.15) is 0 Å². The van der Waals surface area contributed by atoms with Gasteiger partial charge in [-0.15, -0.1) is 0 Å². The Morgan fingerprint density at radius 3 is 2.67 bits per heavy atom. The molecule has 0 amide bonds. The quantitative estimate of drug-likeness (QED) is 0.543. The number of benzene rings is 2. The van der Waals surface area contributed by atoms with E-state index in [2.05, 4.69) is 49.4 Å². The van der Waals surface area contributed by atoms with Gasteiger partial charge in [-0.05, 0) is 36.1 Å². The Kier molecular flexibility index (Phi) is 2.06. The molecule has 0 N–H and O–H groups in total. The van der Waals surface area contributed by atoms with E-state index in [1.165, 1.54) is 20.9 Å². The fourth-order valence-corrected chi connectivity index (χ4v) is 3.08. The number of fused-ring (bicyclic) bond motifs is 2. The van der Waals surface area contributed by atoms with Crippen molar-refractivity contribution >= 4 is 11.8 Å². The monoisotopic (exact) mass is 211 g/mol. The maximum atomic E-state index is 4.09. The van der Waals surface area contributed by atoms with Gasteiger partial charge in [0.2, 0.25) is 0 Å². The Hall–Kier alpha value is -1.21. The Labute approximate surface area is 94.3 Å². The van der Waals surface area contributed by atoms with Crippen LogP contribution in [0.3, 0.4) is 0 Å². The molecule has 0 spiro atoms. The third kappa shape index (κ3) is 1.47. The van der Waals surface area contributed by atoms with Crippen LogP contribution >= 0.6 is 11.8 Å². The van der Waals surface area contributed by atoms with Gasteiger partial charge < -0.3 is 0 Å². The van der Waals surface area contributed by atoms with Crippen molar-refractivity contribution in [1.29, 1.82) is 0 Å². The molecule has 1 heteroatoms. The average molecular weight is 211 g/mol. The molecule has 15 heavy (non-hydrogen) atoms. The zero-order chi connectivity index (χ0) is 10.3. The molecule has 1 radical (unpaired) electrons. The Balaban J connectivity index is 2.15. The van der Waals surface area contributed by atoms with E-state index in [0.29, 0.717) is 0 Å². The predicted molar refractivity (Wildman–Crippen MR) is 64.3 cm³/mol. The molecule has 0 aromatic heterocycles. The molecule has 0 unspecified atom stereocenters. The van der Waals surface area contributed by atoms with Gasteiger partial charge in [-0.1, -0.05) is 48.2 Å². The molecule has 2 aromatic carbocycles. The van der Waals surface area contributed by atoms with E-state index in [1.54, 1.807) is 0 Å². The predicted octanol–water partition coefficient (Wildman–Crippen LogP) is 3.92. The Morgan fingerprint density at radius 2 is 1.73 bits per heavy atom. The lowest BCUT2D eigenvalue weighted by atomic mass is 10.0. The molecule has 0 atom stereocenters. The first-order valence-electron chi connectivity index (χ1n) is 5.04. The Morgan fingerprint density at radius 1 is 0.933 bits per heavy atom. The van der Waals surface area contributed by atoms with E-state index in [4.69, 9.17) is 0 Å². The van der Waals surface area contributed by atoms with Crippen molar-refractivity contribution in [2.45, 2.75) is 16.2 Å². The van der Waals surface area contributed by atoms with Crippen LogP contribution in [0, 0.1) is 6.92 Å². The molecule has 1 heterocycles. The topological polar surface area (TPSA) is 0 Å². The highest BCUT2D eigenvalue weighted by Gasteiger charge is 2.16. The molecular formula is C14H11S. The lowest BCUT2D eigenvalue weighted by Crippen LogP contribution is -2.00. The summed E-state index contributed by atoms with van der Waals surface area (Å²) in [6, 6.07) is 15.0. The molecule has 1 aliphatic rings. The minimum Gasteiger partial charge on any atom is -0.0892 e. The largest absolute Gasteiger partial charge is 0.0892 e. The Bertz CT molecular complexity index is 514. The molecular weight excluding hydrogens is 200 g/mol. The number of hydrogen-bond acceptors (Lipinski definition) is 1. The van der Waals surface area contributed by atoms with Crippen molar-refractivity contribution in [3.63, 3.8) is 0 Å². The van der Waals surface area contributed by atoms with E-state index in [1.807, 2.05) is 11.8 Å². The van der Waals surface area contributed by atoms with E-state index in [-0.39, 0.29) is 0 Å². The molecule has 0 aliphatic carbocycles. The van der Waals surface area contributed by atoms with Crippen LogP contribution in [0.15, 0.2) is 52.3 Å². The number of hydrogen-bond donors (Lipinski definition) is 0. The van der Waals surface area contributed by atoms with Gasteiger partial charge in [0.05, 0.1) is 0 Å². The van der Waals surface area contributed by atoms with Crippen LogP contribution in [-0.4, -0.2) is 0 Å². The summed E-state index contributed by atoms with van der Waals surface area (Å²) in [5.74, 6) is 0. The minimum atomic E-state index is 1.04. The first-order chi connectivity index (χ1) is 7.34. The number of rotatable bonds is 0. The molecule has 0 saturated carbocycles. The van der Waals surface area contributed by atoms with Gasteiger partial charge in [0.15, 0.2) is 0 Å². The maximum Gasteiger partial charge on any atom is 0.0190 e. The van der Waals surface area contributed by atoms with E-state index in [9.17, 15) is 0 Å². The molecule has 1 aliphatic heterocycles. The fourth-order valence-electron chi connectivity index (χ4n) is 1.97. The van der Waals surface area contributed by atoms with Crippen molar-refractivity contribution in [2.75, 3.05) is 0 Å². The third-order valence-electron chi connectivity index (χ3n) is 2.74. The minimum absolute atomic E-state index is 1.04. The normalized spacial score (nSPS) is 13.1. The molecule has 0 bridgehead atoms. The van der Waals surface area contributed by atoms with Crippen molar-refractivity contribution in [3.8, 4) is 0 Å². The summed E-state index contributed by atoms with van der Waals surface area (Å²) in [6.45, 7) is 4.09. The van der Waals surface area contributed by atoms with Crippen molar-refractivity contribution in [1.82, 2.24) is 0 Å². The molecule has 0 nitrogen and oxygen atoms in total. The van der Waals surface area contributed by atoms with Crippen molar-refractivity contribution in [3.05, 3.63) is 66.1 Å². The average Bonchev–Trinajstić information content (AvgIpc) is 2.27. The first kappa shape index (κ1) is 9.05. The van der Waals surface area contributed by atoms with Gasteiger partial charge in [0.1, 0.15) is 0 Å². The van der Waals surface area contributed by atoms with E-state index in [0.717, 1.165) is 12.0 Å². The van der Waals surface area contributed by atoms with Crippen LogP contribution < -0.4 is 0 Å².